The minimum atomic E-state index is -0.0467. The number of aryl methyl sites for hydroxylation is 1. The lowest BCUT2D eigenvalue weighted by Crippen LogP contribution is -2.38. The molecule has 0 amide bonds. The van der Waals surface area contributed by atoms with Crippen molar-refractivity contribution in [3.63, 3.8) is 0 Å². The van der Waals surface area contributed by atoms with Gasteiger partial charge in [-0.1, -0.05) is 6.07 Å². The maximum absolute atomic E-state index is 11.8. The number of carbonyl (C=O) groups is 1. The third-order valence-corrected chi connectivity index (χ3v) is 3.46. The van der Waals surface area contributed by atoms with Gasteiger partial charge in [0, 0.05) is 25.5 Å². The van der Waals surface area contributed by atoms with Gasteiger partial charge in [-0.05, 0) is 44.4 Å². The van der Waals surface area contributed by atoms with Gasteiger partial charge in [0.05, 0.1) is 12.5 Å². The summed E-state index contributed by atoms with van der Waals surface area (Å²) in [6.45, 7) is 7.09. The Morgan fingerprint density at radius 3 is 3.11 bits per heavy atom. The zero-order valence-electron chi connectivity index (χ0n) is 11.8. The first-order chi connectivity index (χ1) is 9.19. The molecule has 1 aliphatic rings. The van der Waals surface area contributed by atoms with E-state index in [1.807, 2.05) is 26.2 Å². The number of likely N-dealkylation sites (tertiary alicyclic amines) is 1. The van der Waals surface area contributed by atoms with E-state index in [4.69, 9.17) is 4.74 Å². The largest absolute Gasteiger partial charge is 0.466 e. The zero-order valence-corrected chi connectivity index (χ0v) is 11.8. The number of rotatable bonds is 4. The molecule has 2 heterocycles. The number of piperidine rings is 1. The molecule has 0 unspecified atom stereocenters. The fraction of sp³-hybridized carbons (Fsp3) is 0.600. The van der Waals surface area contributed by atoms with Gasteiger partial charge in [0.1, 0.15) is 0 Å². The van der Waals surface area contributed by atoms with E-state index < -0.39 is 0 Å². The summed E-state index contributed by atoms with van der Waals surface area (Å²) in [4.78, 5) is 18.3. The Morgan fingerprint density at radius 1 is 1.53 bits per heavy atom. The van der Waals surface area contributed by atoms with Crippen LogP contribution in [0.15, 0.2) is 18.5 Å². The van der Waals surface area contributed by atoms with E-state index in [0.717, 1.165) is 32.5 Å². The highest BCUT2D eigenvalue weighted by Gasteiger charge is 2.26. The maximum atomic E-state index is 11.8. The standard InChI is InChI=1S/C15H22N2O2/c1-3-19-15(18)14-5-4-6-17(11-14)10-13-7-12(2)8-16-9-13/h7-9,14H,3-6,10-11H2,1-2H3/t14-/m1/s1. The number of carbonyl (C=O) groups excluding carboxylic acids is 1. The molecule has 0 aromatic carbocycles. The van der Waals surface area contributed by atoms with Gasteiger partial charge in [0.25, 0.3) is 0 Å². The van der Waals surface area contributed by atoms with Crippen molar-refractivity contribution >= 4 is 5.97 Å². The van der Waals surface area contributed by atoms with E-state index in [9.17, 15) is 4.79 Å². The Balaban J connectivity index is 1.92. The van der Waals surface area contributed by atoms with Crippen LogP contribution < -0.4 is 0 Å². The maximum Gasteiger partial charge on any atom is 0.310 e. The van der Waals surface area contributed by atoms with Crippen molar-refractivity contribution in [3.05, 3.63) is 29.6 Å². The van der Waals surface area contributed by atoms with Crippen LogP contribution in [0.3, 0.4) is 0 Å². The van der Waals surface area contributed by atoms with Gasteiger partial charge in [0.2, 0.25) is 0 Å². The lowest BCUT2D eigenvalue weighted by Gasteiger charge is -2.31. The van der Waals surface area contributed by atoms with Gasteiger partial charge in [-0.25, -0.2) is 0 Å². The summed E-state index contributed by atoms with van der Waals surface area (Å²) in [6, 6.07) is 2.15. The molecule has 1 aliphatic heterocycles. The Hall–Kier alpha value is -1.42. The van der Waals surface area contributed by atoms with Crippen LogP contribution in [0.2, 0.25) is 0 Å². The molecule has 1 fully saturated rings. The van der Waals surface area contributed by atoms with Crippen molar-refractivity contribution in [1.82, 2.24) is 9.88 Å². The summed E-state index contributed by atoms with van der Waals surface area (Å²) in [7, 11) is 0. The minimum Gasteiger partial charge on any atom is -0.466 e. The van der Waals surface area contributed by atoms with Gasteiger partial charge in [-0.2, -0.15) is 0 Å². The van der Waals surface area contributed by atoms with Crippen molar-refractivity contribution in [2.75, 3.05) is 19.7 Å². The molecular weight excluding hydrogens is 240 g/mol. The second-order valence-corrected chi connectivity index (χ2v) is 5.20. The quantitative estimate of drug-likeness (QED) is 0.780. The van der Waals surface area contributed by atoms with Crippen molar-refractivity contribution in [2.45, 2.75) is 33.2 Å². The zero-order chi connectivity index (χ0) is 13.7. The van der Waals surface area contributed by atoms with Gasteiger partial charge in [-0.15, -0.1) is 0 Å². The van der Waals surface area contributed by atoms with Gasteiger partial charge in [-0.3, -0.25) is 14.7 Å². The first-order valence-electron chi connectivity index (χ1n) is 6.98. The highest BCUT2D eigenvalue weighted by molar-refractivity contribution is 5.72. The molecule has 0 spiro atoms. The van der Waals surface area contributed by atoms with Gasteiger partial charge >= 0.3 is 5.97 Å². The first-order valence-corrected chi connectivity index (χ1v) is 6.98. The fourth-order valence-electron chi connectivity index (χ4n) is 2.61. The molecule has 0 radical (unpaired) electrons. The molecule has 1 aromatic rings. The van der Waals surface area contributed by atoms with E-state index in [2.05, 4.69) is 16.0 Å². The lowest BCUT2D eigenvalue weighted by atomic mass is 9.98. The van der Waals surface area contributed by atoms with Crippen LogP contribution in [0.4, 0.5) is 0 Å². The SMILES string of the molecule is CCOC(=O)[C@@H]1CCCN(Cc2cncc(C)c2)C1. The fourth-order valence-corrected chi connectivity index (χ4v) is 2.61. The van der Waals surface area contributed by atoms with Crippen molar-refractivity contribution < 1.29 is 9.53 Å². The summed E-state index contributed by atoms with van der Waals surface area (Å²) in [5.41, 5.74) is 2.39. The van der Waals surface area contributed by atoms with Crippen LogP contribution in [0.25, 0.3) is 0 Å². The predicted octanol–water partition coefficient (Wildman–Crippen LogP) is 2.17. The topological polar surface area (TPSA) is 42.4 Å². The normalized spacial score (nSPS) is 20.2. The Kier molecular flexibility index (Phi) is 4.91. The summed E-state index contributed by atoms with van der Waals surface area (Å²) >= 11 is 0. The van der Waals surface area contributed by atoms with Crippen LogP contribution in [0.5, 0.6) is 0 Å². The average Bonchev–Trinajstić information content (AvgIpc) is 2.39. The summed E-state index contributed by atoms with van der Waals surface area (Å²) in [5, 5.41) is 0. The minimum absolute atomic E-state index is 0.0338. The van der Waals surface area contributed by atoms with E-state index in [1.165, 1.54) is 11.1 Å². The van der Waals surface area contributed by atoms with E-state index in [1.54, 1.807) is 0 Å². The van der Waals surface area contributed by atoms with Crippen LogP contribution in [0, 0.1) is 12.8 Å². The number of hydrogen-bond acceptors (Lipinski definition) is 4. The number of nitrogens with zero attached hydrogens (tertiary/aromatic N) is 2. The van der Waals surface area contributed by atoms with Crippen LogP contribution in [-0.4, -0.2) is 35.5 Å². The Labute approximate surface area is 114 Å². The Morgan fingerprint density at radius 2 is 2.37 bits per heavy atom. The van der Waals surface area contributed by atoms with Crippen LogP contribution in [-0.2, 0) is 16.1 Å². The molecule has 104 valence electrons. The number of aromatic nitrogens is 1. The highest BCUT2D eigenvalue weighted by Crippen LogP contribution is 2.19. The molecule has 19 heavy (non-hydrogen) atoms. The van der Waals surface area contributed by atoms with Crippen LogP contribution >= 0.6 is 0 Å². The van der Waals surface area contributed by atoms with E-state index in [0.29, 0.717) is 6.61 Å². The van der Waals surface area contributed by atoms with Crippen molar-refractivity contribution in [2.24, 2.45) is 5.92 Å². The molecule has 1 saturated heterocycles. The van der Waals surface area contributed by atoms with Crippen molar-refractivity contribution in [3.8, 4) is 0 Å². The second kappa shape index (κ2) is 6.66. The number of esters is 1. The van der Waals surface area contributed by atoms with Gasteiger partial charge < -0.3 is 4.74 Å². The van der Waals surface area contributed by atoms with E-state index >= 15 is 0 Å². The molecule has 1 aromatic heterocycles. The smallest absolute Gasteiger partial charge is 0.310 e. The summed E-state index contributed by atoms with van der Waals surface area (Å²) < 4.78 is 5.12. The molecular formula is C15H22N2O2. The van der Waals surface area contributed by atoms with Crippen molar-refractivity contribution in [1.29, 1.82) is 0 Å². The number of hydrogen-bond donors (Lipinski definition) is 0. The molecule has 4 heteroatoms. The lowest BCUT2D eigenvalue weighted by molar-refractivity contribution is -0.150. The average molecular weight is 262 g/mol. The summed E-state index contributed by atoms with van der Waals surface area (Å²) in [6.07, 6.45) is 5.77. The number of pyridine rings is 1. The third-order valence-electron chi connectivity index (χ3n) is 3.46. The molecule has 0 N–H and O–H groups in total. The predicted molar refractivity (Wildman–Crippen MR) is 73.6 cm³/mol. The molecule has 4 nitrogen and oxygen atoms in total. The number of ether oxygens (including phenoxy) is 1. The van der Waals surface area contributed by atoms with Crippen LogP contribution in [0.1, 0.15) is 30.9 Å². The first kappa shape index (κ1) is 14.0. The monoisotopic (exact) mass is 262 g/mol. The molecule has 1 atom stereocenters. The second-order valence-electron chi connectivity index (χ2n) is 5.20. The molecule has 2 rings (SSSR count). The highest BCUT2D eigenvalue weighted by atomic mass is 16.5. The molecule has 0 aliphatic carbocycles. The van der Waals surface area contributed by atoms with Gasteiger partial charge in [0.15, 0.2) is 0 Å². The molecule has 0 bridgehead atoms. The molecule has 0 saturated carbocycles. The summed E-state index contributed by atoms with van der Waals surface area (Å²) in [5.74, 6) is -0.0129. The third kappa shape index (κ3) is 4.03. The van der Waals surface area contributed by atoms with E-state index in [-0.39, 0.29) is 11.9 Å². The Bertz CT molecular complexity index is 434.